The van der Waals surface area contributed by atoms with Crippen LogP contribution in [0.15, 0.2) is 41.8 Å². The van der Waals surface area contributed by atoms with Crippen LogP contribution in [0.4, 0.5) is 4.79 Å². The Morgan fingerprint density at radius 3 is 2.50 bits per heavy atom. The molecule has 0 aliphatic carbocycles. The standard InChI is InChI=1S/C28H39N5O4S/c1-3-37-27(34)33-22-8-10-23(16-24(33)11-9-22)31-14-12-28(13-15-31)19-32(17-21-6-4-5-7-25(21)28)38(35,36)26-18-30(2)20-29-26/h4-7,18,20,22-24H,3,8-17,19H2,1-2H3. The van der Waals surface area contributed by atoms with E-state index < -0.39 is 10.0 Å². The molecule has 3 unspecified atom stereocenters. The van der Waals surface area contributed by atoms with Crippen molar-refractivity contribution in [1.82, 2.24) is 23.7 Å². The van der Waals surface area contributed by atoms with E-state index in [4.69, 9.17) is 4.74 Å². The average molecular weight is 542 g/mol. The van der Waals surface area contributed by atoms with E-state index in [9.17, 15) is 13.2 Å². The molecule has 3 atom stereocenters. The van der Waals surface area contributed by atoms with E-state index in [0.717, 1.165) is 63.6 Å². The van der Waals surface area contributed by atoms with Crippen LogP contribution in [0.5, 0.6) is 0 Å². The number of carbonyl (C=O) groups excluding carboxylic acids is 1. The molecule has 3 saturated heterocycles. The van der Waals surface area contributed by atoms with Gasteiger partial charge in [0.25, 0.3) is 10.0 Å². The predicted octanol–water partition coefficient (Wildman–Crippen LogP) is 3.50. The fourth-order valence-electron chi connectivity index (χ4n) is 7.53. The maximum absolute atomic E-state index is 13.6. The topological polar surface area (TPSA) is 88.0 Å². The van der Waals surface area contributed by atoms with Crippen molar-refractivity contribution in [3.8, 4) is 0 Å². The summed E-state index contributed by atoms with van der Waals surface area (Å²) < 4.78 is 35.9. The zero-order valence-electron chi connectivity index (χ0n) is 22.5. The van der Waals surface area contributed by atoms with Gasteiger partial charge >= 0.3 is 6.09 Å². The molecule has 3 fully saturated rings. The zero-order valence-corrected chi connectivity index (χ0v) is 23.3. The fraction of sp³-hybridized carbons (Fsp3) is 0.643. The van der Waals surface area contributed by atoms with E-state index in [1.54, 1.807) is 28.4 Å². The number of likely N-dealkylation sites (tertiary alicyclic amines) is 1. The van der Waals surface area contributed by atoms with Gasteiger partial charge in [-0.1, -0.05) is 24.3 Å². The van der Waals surface area contributed by atoms with Gasteiger partial charge in [0.2, 0.25) is 0 Å². The van der Waals surface area contributed by atoms with Crippen molar-refractivity contribution in [2.45, 2.75) is 87.0 Å². The third kappa shape index (κ3) is 4.44. The van der Waals surface area contributed by atoms with Gasteiger partial charge in [0.15, 0.2) is 5.03 Å². The van der Waals surface area contributed by atoms with Crippen LogP contribution in [-0.4, -0.2) is 82.5 Å². The number of ether oxygens (including phenoxy) is 1. The molecule has 10 heteroatoms. The van der Waals surface area contributed by atoms with Crippen molar-refractivity contribution in [2.75, 3.05) is 26.2 Å². The van der Waals surface area contributed by atoms with Crippen LogP contribution in [0, 0.1) is 0 Å². The molecular formula is C28H39N5O4S. The Morgan fingerprint density at radius 1 is 1.08 bits per heavy atom. The van der Waals surface area contributed by atoms with Crippen LogP contribution in [0.25, 0.3) is 0 Å². The van der Waals surface area contributed by atoms with Gasteiger partial charge in [-0.05, 0) is 76.1 Å². The molecule has 1 spiro atoms. The minimum atomic E-state index is -3.68. The molecule has 0 radical (unpaired) electrons. The van der Waals surface area contributed by atoms with Gasteiger partial charge in [-0.15, -0.1) is 0 Å². The van der Waals surface area contributed by atoms with Crippen molar-refractivity contribution in [1.29, 1.82) is 0 Å². The molecule has 4 aliphatic rings. The number of imidazole rings is 1. The third-order valence-corrected chi connectivity index (χ3v) is 11.1. The second-order valence-electron chi connectivity index (χ2n) is 11.6. The molecule has 0 saturated carbocycles. The van der Waals surface area contributed by atoms with Crippen molar-refractivity contribution < 1.29 is 17.9 Å². The van der Waals surface area contributed by atoms with Crippen molar-refractivity contribution in [3.63, 3.8) is 0 Å². The summed E-state index contributed by atoms with van der Waals surface area (Å²) in [4.78, 5) is 21.5. The lowest BCUT2D eigenvalue weighted by atomic mass is 9.69. The number of nitrogens with zero attached hydrogens (tertiary/aromatic N) is 5. The van der Waals surface area contributed by atoms with Crippen molar-refractivity contribution in [3.05, 3.63) is 47.9 Å². The van der Waals surface area contributed by atoms with Crippen LogP contribution >= 0.6 is 0 Å². The van der Waals surface area contributed by atoms with Crippen molar-refractivity contribution in [2.24, 2.45) is 7.05 Å². The van der Waals surface area contributed by atoms with Gasteiger partial charge in [0.1, 0.15) is 0 Å². The van der Waals surface area contributed by atoms with E-state index in [2.05, 4.69) is 28.1 Å². The number of aryl methyl sites for hydroxylation is 1. The third-order valence-electron chi connectivity index (χ3n) is 9.45. The second-order valence-corrected chi connectivity index (χ2v) is 13.5. The lowest BCUT2D eigenvalue weighted by Crippen LogP contribution is -2.55. The molecule has 0 N–H and O–H groups in total. The first-order chi connectivity index (χ1) is 18.3. The Labute approximate surface area is 225 Å². The predicted molar refractivity (Wildman–Crippen MR) is 143 cm³/mol. The van der Waals surface area contributed by atoms with Crippen LogP contribution in [0.2, 0.25) is 0 Å². The van der Waals surface area contributed by atoms with Gasteiger partial charge < -0.3 is 19.1 Å². The second kappa shape index (κ2) is 9.95. The number of hydrogen-bond donors (Lipinski definition) is 0. The highest BCUT2D eigenvalue weighted by Crippen LogP contribution is 2.45. The number of sulfonamides is 1. The first kappa shape index (κ1) is 25.8. The van der Waals surface area contributed by atoms with Gasteiger partial charge in [0.05, 0.1) is 12.9 Å². The highest BCUT2D eigenvalue weighted by atomic mass is 32.2. The highest BCUT2D eigenvalue weighted by molar-refractivity contribution is 7.89. The number of carbonyl (C=O) groups is 1. The van der Waals surface area contributed by atoms with Gasteiger partial charge in [0, 0.05) is 49.9 Å². The van der Waals surface area contributed by atoms with Crippen LogP contribution in [-0.2, 0) is 33.8 Å². The number of benzene rings is 1. The van der Waals surface area contributed by atoms with E-state index in [1.807, 2.05) is 17.9 Å². The minimum absolute atomic E-state index is 0.117. The number of amides is 1. The maximum Gasteiger partial charge on any atom is 0.410 e. The Balaban J connectivity index is 1.20. The highest BCUT2D eigenvalue weighted by Gasteiger charge is 2.48. The molecule has 2 bridgehead atoms. The summed E-state index contributed by atoms with van der Waals surface area (Å²) in [6.07, 6.45) is 10.1. The summed E-state index contributed by atoms with van der Waals surface area (Å²) in [5.41, 5.74) is 2.21. The largest absolute Gasteiger partial charge is 0.450 e. The lowest BCUT2D eigenvalue weighted by molar-refractivity contribution is 0.0742. The van der Waals surface area contributed by atoms with Gasteiger partial charge in [-0.3, -0.25) is 0 Å². The molecule has 1 aromatic heterocycles. The van der Waals surface area contributed by atoms with Crippen LogP contribution < -0.4 is 0 Å². The minimum Gasteiger partial charge on any atom is -0.450 e. The zero-order chi connectivity index (χ0) is 26.5. The number of piperidine rings is 1. The number of aromatic nitrogens is 2. The fourth-order valence-corrected chi connectivity index (χ4v) is 9.00. The summed E-state index contributed by atoms with van der Waals surface area (Å²) >= 11 is 0. The number of fused-ring (bicyclic) bond motifs is 4. The normalized spacial score (nSPS) is 27.7. The molecule has 6 rings (SSSR count). The molecule has 5 heterocycles. The Kier molecular flexibility index (Phi) is 6.76. The maximum atomic E-state index is 13.6. The average Bonchev–Trinajstić information content (AvgIpc) is 3.47. The monoisotopic (exact) mass is 541 g/mol. The van der Waals surface area contributed by atoms with E-state index in [0.29, 0.717) is 31.8 Å². The molecule has 9 nitrogen and oxygen atoms in total. The number of hydrogen-bond acceptors (Lipinski definition) is 6. The lowest BCUT2D eigenvalue weighted by Gasteiger charge is -2.49. The molecule has 2 aromatic rings. The first-order valence-corrected chi connectivity index (χ1v) is 15.5. The summed E-state index contributed by atoms with van der Waals surface area (Å²) in [5, 5.41) is 0.117. The van der Waals surface area contributed by atoms with Crippen LogP contribution in [0.3, 0.4) is 0 Å². The van der Waals surface area contributed by atoms with Gasteiger partial charge in [-0.2, -0.15) is 4.31 Å². The van der Waals surface area contributed by atoms with Crippen molar-refractivity contribution >= 4 is 16.1 Å². The SMILES string of the molecule is CCOC(=O)N1C2CCC(N3CCC4(CC3)CN(S(=O)(=O)c3cn(C)cn3)Cc3ccccc34)CC1CC2. The quantitative estimate of drug-likeness (QED) is 0.589. The Bertz CT molecular complexity index is 1290. The first-order valence-electron chi connectivity index (χ1n) is 14.1. The van der Waals surface area contributed by atoms with E-state index in [1.165, 1.54) is 5.56 Å². The van der Waals surface area contributed by atoms with E-state index >= 15 is 0 Å². The molecule has 1 aromatic carbocycles. The van der Waals surface area contributed by atoms with E-state index in [-0.39, 0.29) is 22.6 Å². The molecule has 206 valence electrons. The summed E-state index contributed by atoms with van der Waals surface area (Å²) in [6.45, 7) is 5.04. The summed E-state index contributed by atoms with van der Waals surface area (Å²) in [7, 11) is -1.89. The Hall–Kier alpha value is -2.43. The molecular weight excluding hydrogens is 502 g/mol. The summed E-state index contributed by atoms with van der Waals surface area (Å²) in [6, 6.07) is 9.39. The van der Waals surface area contributed by atoms with Crippen LogP contribution in [0.1, 0.15) is 63.0 Å². The molecule has 38 heavy (non-hydrogen) atoms. The van der Waals surface area contributed by atoms with Gasteiger partial charge in [-0.25, -0.2) is 18.2 Å². The Morgan fingerprint density at radius 2 is 1.79 bits per heavy atom. The number of rotatable bonds is 4. The molecule has 1 amide bonds. The smallest absolute Gasteiger partial charge is 0.410 e. The summed E-state index contributed by atoms with van der Waals surface area (Å²) in [5.74, 6) is 0. The molecule has 4 aliphatic heterocycles.